The van der Waals surface area contributed by atoms with Gasteiger partial charge >= 0.3 is 0 Å². The van der Waals surface area contributed by atoms with Gasteiger partial charge in [-0.15, -0.1) is 24.0 Å². The summed E-state index contributed by atoms with van der Waals surface area (Å²) in [5.41, 5.74) is 1.30. The lowest BCUT2D eigenvalue weighted by Crippen LogP contribution is -2.47. The van der Waals surface area contributed by atoms with Crippen LogP contribution in [0.15, 0.2) is 33.7 Å². The molecule has 0 spiro atoms. The average molecular weight is 549 g/mol. The average Bonchev–Trinajstić information content (AvgIpc) is 3.37. The van der Waals surface area contributed by atoms with Crippen LogP contribution in [0.25, 0.3) is 0 Å². The van der Waals surface area contributed by atoms with Crippen molar-refractivity contribution in [3.8, 4) is 0 Å². The summed E-state index contributed by atoms with van der Waals surface area (Å²) in [5.74, 6) is 1.57. The number of nitrogens with zero attached hydrogens (tertiary/aromatic N) is 2. The number of hydrogen-bond acceptors (Lipinski definition) is 3. The van der Waals surface area contributed by atoms with Crippen molar-refractivity contribution in [3.63, 3.8) is 0 Å². The van der Waals surface area contributed by atoms with Gasteiger partial charge < -0.3 is 20.3 Å². The number of benzene rings is 1. The number of ether oxygens (including phenoxy) is 1. The van der Waals surface area contributed by atoms with Crippen LogP contribution < -0.4 is 15.5 Å². The molecule has 0 radical (unpaired) electrons. The maximum Gasteiger partial charge on any atom is 0.191 e. The van der Waals surface area contributed by atoms with Crippen molar-refractivity contribution in [1.29, 1.82) is 0 Å². The molecule has 2 N–H and O–H groups in total. The van der Waals surface area contributed by atoms with Crippen molar-refractivity contribution < 1.29 is 4.74 Å². The first-order valence-corrected chi connectivity index (χ1v) is 10.7. The summed E-state index contributed by atoms with van der Waals surface area (Å²) in [7, 11) is 0. The highest BCUT2D eigenvalue weighted by atomic mass is 127. The summed E-state index contributed by atoms with van der Waals surface area (Å²) in [6, 6.07) is 9.00. The molecule has 7 heteroatoms. The Bertz CT molecular complexity index is 659. The van der Waals surface area contributed by atoms with E-state index in [2.05, 4.69) is 62.7 Å². The van der Waals surface area contributed by atoms with Crippen LogP contribution in [0.3, 0.4) is 0 Å². The molecule has 3 heterocycles. The molecule has 1 aromatic carbocycles. The summed E-state index contributed by atoms with van der Waals surface area (Å²) in [6.07, 6.45) is 5.58. The molecular formula is C20H30BrIN4O. The van der Waals surface area contributed by atoms with Crippen LogP contribution in [0, 0.1) is 5.92 Å². The summed E-state index contributed by atoms with van der Waals surface area (Å²) in [5, 5.41) is 7.02. The van der Waals surface area contributed by atoms with Gasteiger partial charge in [0.1, 0.15) is 0 Å². The molecule has 0 amide bonds. The fraction of sp³-hybridized carbons (Fsp3) is 0.650. The van der Waals surface area contributed by atoms with E-state index in [0.29, 0.717) is 24.2 Å². The Hall–Kier alpha value is -0.540. The Labute approximate surface area is 187 Å². The molecule has 3 saturated heterocycles. The van der Waals surface area contributed by atoms with E-state index in [1.54, 1.807) is 0 Å². The number of anilines is 1. The summed E-state index contributed by atoms with van der Waals surface area (Å²) >= 11 is 3.57. The minimum atomic E-state index is 0. The van der Waals surface area contributed by atoms with Crippen molar-refractivity contribution >= 4 is 51.6 Å². The molecule has 0 aliphatic carbocycles. The number of fused-ring (bicyclic) bond motifs is 2. The van der Waals surface area contributed by atoms with Crippen LogP contribution >= 0.6 is 39.9 Å². The van der Waals surface area contributed by atoms with Crippen LogP contribution in [0.5, 0.6) is 0 Å². The Morgan fingerprint density at radius 2 is 2.22 bits per heavy atom. The maximum absolute atomic E-state index is 5.96. The molecule has 5 nitrogen and oxygen atoms in total. The van der Waals surface area contributed by atoms with E-state index in [-0.39, 0.29) is 24.0 Å². The molecule has 4 unspecified atom stereocenters. The molecule has 0 saturated carbocycles. The van der Waals surface area contributed by atoms with Gasteiger partial charge in [0.2, 0.25) is 0 Å². The second-order valence-electron chi connectivity index (χ2n) is 7.66. The van der Waals surface area contributed by atoms with E-state index >= 15 is 0 Å². The zero-order valence-electron chi connectivity index (χ0n) is 15.9. The smallest absolute Gasteiger partial charge is 0.191 e. The molecule has 1 aromatic rings. The van der Waals surface area contributed by atoms with Crippen molar-refractivity contribution in [3.05, 3.63) is 28.7 Å². The Morgan fingerprint density at radius 3 is 2.93 bits per heavy atom. The second-order valence-corrected chi connectivity index (χ2v) is 8.58. The number of nitrogens with one attached hydrogen (secondary N) is 2. The minimum Gasteiger partial charge on any atom is -0.373 e. The fourth-order valence-electron chi connectivity index (χ4n) is 4.39. The predicted octanol–water partition coefficient (Wildman–Crippen LogP) is 3.77. The van der Waals surface area contributed by atoms with E-state index in [9.17, 15) is 0 Å². The number of halogens is 2. The topological polar surface area (TPSA) is 48.9 Å². The largest absolute Gasteiger partial charge is 0.373 e. The standard InChI is InChI=1S/C20H29BrN4O.HI/c1-2-22-20(24-18-11-17-6-7-19(18)26-17)23-12-14-8-9-25(13-14)16-5-3-4-15(21)10-16;/h3-5,10,14,17-19H,2,6-9,11-13H2,1H3,(H2,22,23,24);1H. The Balaban J connectivity index is 0.00000210. The summed E-state index contributed by atoms with van der Waals surface area (Å²) in [4.78, 5) is 7.36. The number of guanidine groups is 1. The highest BCUT2D eigenvalue weighted by Gasteiger charge is 2.41. The zero-order chi connectivity index (χ0) is 17.9. The molecule has 2 bridgehead atoms. The summed E-state index contributed by atoms with van der Waals surface area (Å²) in [6.45, 7) is 6.08. The Kier molecular flexibility index (Phi) is 7.67. The third-order valence-corrected chi connectivity index (χ3v) is 6.23. The van der Waals surface area contributed by atoms with Gasteiger partial charge in [-0.2, -0.15) is 0 Å². The Morgan fingerprint density at radius 1 is 1.33 bits per heavy atom. The molecule has 3 aliphatic rings. The highest BCUT2D eigenvalue weighted by Crippen LogP contribution is 2.34. The van der Waals surface area contributed by atoms with Gasteiger partial charge in [0, 0.05) is 36.3 Å². The third kappa shape index (κ3) is 5.29. The molecule has 0 aromatic heterocycles. The van der Waals surface area contributed by atoms with E-state index in [0.717, 1.165) is 43.0 Å². The van der Waals surface area contributed by atoms with E-state index in [4.69, 9.17) is 9.73 Å². The molecule has 27 heavy (non-hydrogen) atoms. The van der Waals surface area contributed by atoms with Crippen LogP contribution in [0.2, 0.25) is 0 Å². The summed E-state index contributed by atoms with van der Waals surface area (Å²) < 4.78 is 7.10. The second kappa shape index (κ2) is 9.78. The lowest BCUT2D eigenvalue weighted by atomic mass is 9.96. The van der Waals surface area contributed by atoms with Crippen LogP contribution in [0.4, 0.5) is 5.69 Å². The van der Waals surface area contributed by atoms with Crippen molar-refractivity contribution in [2.75, 3.05) is 31.1 Å². The van der Waals surface area contributed by atoms with E-state index < -0.39 is 0 Å². The van der Waals surface area contributed by atoms with Crippen LogP contribution in [-0.2, 0) is 4.74 Å². The van der Waals surface area contributed by atoms with Crippen molar-refractivity contribution in [2.45, 2.75) is 50.9 Å². The highest BCUT2D eigenvalue weighted by molar-refractivity contribution is 14.0. The van der Waals surface area contributed by atoms with E-state index in [1.807, 2.05) is 0 Å². The van der Waals surface area contributed by atoms with Crippen LogP contribution in [0.1, 0.15) is 32.6 Å². The number of rotatable bonds is 5. The monoisotopic (exact) mass is 548 g/mol. The number of aliphatic imine (C=N–C) groups is 1. The number of hydrogen-bond donors (Lipinski definition) is 2. The van der Waals surface area contributed by atoms with Gasteiger partial charge in [0.15, 0.2) is 5.96 Å². The third-order valence-electron chi connectivity index (χ3n) is 5.74. The van der Waals surface area contributed by atoms with Gasteiger partial charge in [0.25, 0.3) is 0 Å². The lowest BCUT2D eigenvalue weighted by Gasteiger charge is -2.23. The SMILES string of the molecule is CCNC(=NCC1CCN(c2cccc(Br)c2)C1)NC1CC2CCC1O2.I. The molecule has 150 valence electrons. The predicted molar refractivity (Wildman–Crippen MR) is 125 cm³/mol. The normalized spacial score (nSPS) is 29.7. The van der Waals surface area contributed by atoms with Crippen molar-refractivity contribution in [2.24, 2.45) is 10.9 Å². The zero-order valence-corrected chi connectivity index (χ0v) is 19.8. The lowest BCUT2D eigenvalue weighted by molar-refractivity contribution is 0.0992. The minimum absolute atomic E-state index is 0. The van der Waals surface area contributed by atoms with Gasteiger partial charge in [-0.1, -0.05) is 22.0 Å². The first kappa shape index (κ1) is 21.2. The van der Waals surface area contributed by atoms with Crippen LogP contribution in [-0.4, -0.2) is 50.4 Å². The van der Waals surface area contributed by atoms with Gasteiger partial charge in [-0.25, -0.2) is 0 Å². The maximum atomic E-state index is 5.96. The van der Waals surface area contributed by atoms with Gasteiger partial charge in [-0.05, 0) is 56.7 Å². The first-order valence-electron chi connectivity index (χ1n) is 9.92. The van der Waals surface area contributed by atoms with Crippen molar-refractivity contribution in [1.82, 2.24) is 10.6 Å². The van der Waals surface area contributed by atoms with Gasteiger partial charge in [0.05, 0.1) is 18.2 Å². The molecule has 3 fully saturated rings. The first-order chi connectivity index (χ1) is 12.7. The molecular weight excluding hydrogens is 519 g/mol. The van der Waals surface area contributed by atoms with E-state index in [1.165, 1.54) is 24.9 Å². The molecule has 4 atom stereocenters. The van der Waals surface area contributed by atoms with Gasteiger partial charge in [-0.3, -0.25) is 4.99 Å². The molecule has 3 aliphatic heterocycles. The fourth-order valence-corrected chi connectivity index (χ4v) is 4.78. The molecule has 4 rings (SSSR count). The quantitative estimate of drug-likeness (QED) is 0.334.